The van der Waals surface area contributed by atoms with Crippen molar-refractivity contribution in [2.24, 2.45) is 0 Å². The van der Waals surface area contributed by atoms with E-state index in [4.69, 9.17) is 11.6 Å². The first kappa shape index (κ1) is 11.1. The third-order valence-corrected chi connectivity index (χ3v) is 3.04. The largest absolute Gasteiger partial charge is 0.506 e. The Morgan fingerprint density at radius 1 is 1.06 bits per heavy atom. The Hall–Kier alpha value is -2.00. The number of pyridine rings is 1. The molecule has 4 heteroatoms. The van der Waals surface area contributed by atoms with Crippen molar-refractivity contribution in [2.75, 3.05) is 0 Å². The van der Waals surface area contributed by atoms with Crippen molar-refractivity contribution in [3.8, 4) is 5.75 Å². The number of imidazole rings is 1. The topological polar surface area (TPSA) is 37.5 Å². The summed E-state index contributed by atoms with van der Waals surface area (Å²) < 4.78 is 1.82. The van der Waals surface area contributed by atoms with Gasteiger partial charge in [-0.15, -0.1) is 0 Å². The van der Waals surface area contributed by atoms with Gasteiger partial charge in [0.05, 0.1) is 11.9 Å². The first-order valence-corrected chi connectivity index (χ1v) is 5.99. The number of aromatic hydroxyl groups is 1. The normalized spacial score (nSPS) is 10.9. The third kappa shape index (κ3) is 2.17. The van der Waals surface area contributed by atoms with Crippen LogP contribution in [0.15, 0.2) is 48.8 Å². The van der Waals surface area contributed by atoms with Crippen molar-refractivity contribution in [1.82, 2.24) is 9.38 Å². The highest BCUT2D eigenvalue weighted by Crippen LogP contribution is 2.16. The zero-order valence-corrected chi connectivity index (χ0v) is 10.3. The van der Waals surface area contributed by atoms with Crippen molar-refractivity contribution in [1.29, 1.82) is 0 Å². The number of hydrogen-bond acceptors (Lipinski definition) is 2. The summed E-state index contributed by atoms with van der Waals surface area (Å²) in [5.74, 6) is 0.234. The monoisotopic (exact) mass is 258 g/mol. The van der Waals surface area contributed by atoms with Gasteiger partial charge in [0.2, 0.25) is 0 Å². The third-order valence-electron chi connectivity index (χ3n) is 2.78. The van der Waals surface area contributed by atoms with Crippen molar-refractivity contribution >= 4 is 17.2 Å². The van der Waals surface area contributed by atoms with Gasteiger partial charge in [-0.05, 0) is 29.8 Å². The van der Waals surface area contributed by atoms with Crippen LogP contribution in [0.5, 0.6) is 5.75 Å². The average molecular weight is 259 g/mol. The van der Waals surface area contributed by atoms with Crippen LogP contribution in [-0.4, -0.2) is 14.5 Å². The number of aromatic nitrogens is 2. The number of benzene rings is 1. The Labute approximate surface area is 109 Å². The van der Waals surface area contributed by atoms with E-state index in [1.165, 1.54) is 0 Å². The van der Waals surface area contributed by atoms with Gasteiger partial charge in [0.1, 0.15) is 11.4 Å². The van der Waals surface area contributed by atoms with Crippen LogP contribution in [0, 0.1) is 0 Å². The predicted octanol–water partition coefficient (Wildman–Crippen LogP) is 3.28. The second-order valence-corrected chi connectivity index (χ2v) is 4.62. The Morgan fingerprint density at radius 3 is 2.61 bits per heavy atom. The predicted molar refractivity (Wildman–Crippen MR) is 71.1 cm³/mol. The van der Waals surface area contributed by atoms with E-state index in [0.29, 0.717) is 0 Å². The van der Waals surface area contributed by atoms with Gasteiger partial charge in [-0.25, -0.2) is 4.98 Å². The standard InChI is InChI=1S/C14H11ClN2O/c15-11-3-1-10(2-4-11)7-12-8-17-9-13(18)5-6-14(17)16-12/h1-6,8-9,18H,7H2. The molecule has 0 radical (unpaired) electrons. The van der Waals surface area contributed by atoms with Crippen LogP contribution in [-0.2, 0) is 6.42 Å². The molecule has 0 atom stereocenters. The maximum absolute atomic E-state index is 9.40. The second kappa shape index (κ2) is 4.35. The second-order valence-electron chi connectivity index (χ2n) is 4.19. The molecule has 0 spiro atoms. The molecule has 3 nitrogen and oxygen atoms in total. The molecule has 0 aliphatic heterocycles. The molecule has 0 saturated carbocycles. The van der Waals surface area contributed by atoms with E-state index in [2.05, 4.69) is 4.98 Å². The summed E-state index contributed by atoms with van der Waals surface area (Å²) in [5, 5.41) is 10.1. The molecule has 2 heterocycles. The lowest BCUT2D eigenvalue weighted by Crippen LogP contribution is -1.87. The van der Waals surface area contributed by atoms with Crippen molar-refractivity contribution in [3.05, 3.63) is 65.1 Å². The molecule has 1 aromatic carbocycles. The van der Waals surface area contributed by atoms with Crippen LogP contribution in [0.2, 0.25) is 5.02 Å². The maximum Gasteiger partial charge on any atom is 0.137 e. The molecule has 0 aliphatic rings. The van der Waals surface area contributed by atoms with E-state index in [9.17, 15) is 5.11 Å². The zero-order valence-electron chi connectivity index (χ0n) is 9.55. The summed E-state index contributed by atoms with van der Waals surface area (Å²) in [6.07, 6.45) is 4.32. The van der Waals surface area contributed by atoms with Gasteiger partial charge in [0.25, 0.3) is 0 Å². The van der Waals surface area contributed by atoms with Crippen molar-refractivity contribution in [3.63, 3.8) is 0 Å². The molecule has 3 aromatic rings. The fourth-order valence-corrected chi connectivity index (χ4v) is 2.06. The number of halogens is 1. The van der Waals surface area contributed by atoms with E-state index in [-0.39, 0.29) is 5.75 Å². The fraction of sp³-hybridized carbons (Fsp3) is 0.0714. The summed E-state index contributed by atoms with van der Waals surface area (Å²) in [5.41, 5.74) is 2.95. The molecule has 90 valence electrons. The van der Waals surface area contributed by atoms with E-state index in [0.717, 1.165) is 28.3 Å². The molecule has 1 N–H and O–H groups in total. The highest BCUT2D eigenvalue weighted by molar-refractivity contribution is 6.30. The number of fused-ring (bicyclic) bond motifs is 1. The summed E-state index contributed by atoms with van der Waals surface area (Å²) in [6, 6.07) is 11.2. The Morgan fingerprint density at radius 2 is 1.83 bits per heavy atom. The SMILES string of the molecule is Oc1ccc2nc(Cc3ccc(Cl)cc3)cn2c1. The Balaban J connectivity index is 1.92. The van der Waals surface area contributed by atoms with Crippen LogP contribution in [0.3, 0.4) is 0 Å². The van der Waals surface area contributed by atoms with Gasteiger partial charge in [-0.2, -0.15) is 0 Å². The van der Waals surface area contributed by atoms with Gasteiger partial charge in [-0.3, -0.25) is 0 Å². The zero-order chi connectivity index (χ0) is 12.5. The molecule has 0 fully saturated rings. The van der Waals surface area contributed by atoms with Crippen LogP contribution in [0.1, 0.15) is 11.3 Å². The number of rotatable bonds is 2. The lowest BCUT2D eigenvalue weighted by Gasteiger charge is -1.97. The van der Waals surface area contributed by atoms with Crippen molar-refractivity contribution in [2.45, 2.75) is 6.42 Å². The van der Waals surface area contributed by atoms with Crippen molar-refractivity contribution < 1.29 is 5.11 Å². The minimum atomic E-state index is 0.234. The van der Waals surface area contributed by atoms with Crippen LogP contribution in [0.25, 0.3) is 5.65 Å². The lowest BCUT2D eigenvalue weighted by atomic mass is 10.1. The van der Waals surface area contributed by atoms with Crippen LogP contribution < -0.4 is 0 Å². The first-order valence-electron chi connectivity index (χ1n) is 5.62. The smallest absolute Gasteiger partial charge is 0.137 e. The molecular formula is C14H11ClN2O. The van der Waals surface area contributed by atoms with E-state index < -0.39 is 0 Å². The molecule has 0 bridgehead atoms. The van der Waals surface area contributed by atoms with Crippen LogP contribution >= 0.6 is 11.6 Å². The van der Waals surface area contributed by atoms with E-state index in [1.807, 2.05) is 34.9 Å². The van der Waals surface area contributed by atoms with E-state index >= 15 is 0 Å². The summed E-state index contributed by atoms with van der Waals surface area (Å²) in [7, 11) is 0. The van der Waals surface area contributed by atoms with Gasteiger partial charge >= 0.3 is 0 Å². The summed E-state index contributed by atoms with van der Waals surface area (Å²) in [4.78, 5) is 4.49. The summed E-state index contributed by atoms with van der Waals surface area (Å²) >= 11 is 5.85. The highest BCUT2D eigenvalue weighted by Gasteiger charge is 2.03. The van der Waals surface area contributed by atoms with E-state index in [1.54, 1.807) is 18.3 Å². The van der Waals surface area contributed by atoms with Gasteiger partial charge < -0.3 is 9.51 Å². The quantitative estimate of drug-likeness (QED) is 0.766. The molecule has 0 aliphatic carbocycles. The molecular weight excluding hydrogens is 248 g/mol. The number of nitrogens with zero attached hydrogens (tertiary/aromatic N) is 2. The number of hydrogen-bond donors (Lipinski definition) is 1. The lowest BCUT2D eigenvalue weighted by molar-refractivity contribution is 0.472. The van der Waals surface area contributed by atoms with Gasteiger partial charge in [-0.1, -0.05) is 23.7 Å². The molecule has 2 aromatic heterocycles. The van der Waals surface area contributed by atoms with Crippen LogP contribution in [0.4, 0.5) is 0 Å². The molecule has 0 unspecified atom stereocenters. The Bertz CT molecular complexity index is 689. The first-order chi connectivity index (χ1) is 8.70. The maximum atomic E-state index is 9.40. The molecule has 18 heavy (non-hydrogen) atoms. The molecule has 0 saturated heterocycles. The highest BCUT2D eigenvalue weighted by atomic mass is 35.5. The average Bonchev–Trinajstić information content (AvgIpc) is 2.73. The molecule has 0 amide bonds. The minimum Gasteiger partial charge on any atom is -0.506 e. The summed E-state index contributed by atoms with van der Waals surface area (Å²) in [6.45, 7) is 0. The minimum absolute atomic E-state index is 0.234. The van der Waals surface area contributed by atoms with Gasteiger partial charge in [0.15, 0.2) is 0 Å². The fourth-order valence-electron chi connectivity index (χ4n) is 1.93. The Kier molecular flexibility index (Phi) is 2.68. The molecule has 3 rings (SSSR count). The van der Waals surface area contributed by atoms with Gasteiger partial charge in [0, 0.05) is 17.6 Å².